The van der Waals surface area contributed by atoms with E-state index in [9.17, 15) is 0 Å². The fourth-order valence-corrected chi connectivity index (χ4v) is 3.83. The largest absolute Gasteiger partial charge is 0.296 e. The SMILES string of the molecule is CCC(C)(C(NN)C1=CCCCCC1)N1CCCC1. The first-order valence-electron chi connectivity index (χ1n) is 8.12. The highest BCUT2D eigenvalue weighted by molar-refractivity contribution is 5.19. The summed E-state index contributed by atoms with van der Waals surface area (Å²) in [6.07, 6.45) is 12.8. The molecule has 0 aromatic carbocycles. The lowest BCUT2D eigenvalue weighted by Gasteiger charge is -2.45. The second-order valence-electron chi connectivity index (χ2n) is 6.38. The molecule has 2 atom stereocenters. The second-order valence-corrected chi connectivity index (χ2v) is 6.38. The Morgan fingerprint density at radius 2 is 2.00 bits per heavy atom. The highest BCUT2D eigenvalue weighted by atomic mass is 15.3. The van der Waals surface area contributed by atoms with Crippen molar-refractivity contribution in [2.45, 2.75) is 76.8 Å². The quantitative estimate of drug-likeness (QED) is 0.456. The fourth-order valence-electron chi connectivity index (χ4n) is 3.83. The normalized spacial score (nSPS) is 26.6. The Morgan fingerprint density at radius 3 is 2.63 bits per heavy atom. The molecule has 0 spiro atoms. The molecule has 0 radical (unpaired) electrons. The van der Waals surface area contributed by atoms with Gasteiger partial charge < -0.3 is 0 Å². The molecule has 2 unspecified atom stereocenters. The molecule has 3 N–H and O–H groups in total. The minimum absolute atomic E-state index is 0.168. The lowest BCUT2D eigenvalue weighted by Crippen LogP contribution is -2.60. The summed E-state index contributed by atoms with van der Waals surface area (Å²) in [6.45, 7) is 7.17. The Morgan fingerprint density at radius 1 is 1.26 bits per heavy atom. The molecule has 1 fully saturated rings. The molecule has 0 aromatic rings. The molecule has 0 amide bonds. The van der Waals surface area contributed by atoms with Crippen LogP contribution in [0.4, 0.5) is 0 Å². The van der Waals surface area contributed by atoms with E-state index in [1.54, 1.807) is 5.57 Å². The lowest BCUT2D eigenvalue weighted by molar-refractivity contribution is 0.0963. The molecule has 1 aliphatic heterocycles. The van der Waals surface area contributed by atoms with E-state index in [1.165, 1.54) is 58.0 Å². The predicted molar refractivity (Wildman–Crippen MR) is 81.8 cm³/mol. The molecule has 2 rings (SSSR count). The van der Waals surface area contributed by atoms with Crippen LogP contribution in [0.5, 0.6) is 0 Å². The molecule has 0 aromatic heterocycles. The molecule has 3 nitrogen and oxygen atoms in total. The van der Waals surface area contributed by atoms with Crippen LogP contribution in [0.1, 0.15) is 65.2 Å². The van der Waals surface area contributed by atoms with Gasteiger partial charge >= 0.3 is 0 Å². The van der Waals surface area contributed by atoms with Crippen molar-refractivity contribution in [1.29, 1.82) is 0 Å². The molecule has 2 aliphatic rings. The first-order valence-corrected chi connectivity index (χ1v) is 8.12. The number of likely N-dealkylation sites (tertiary alicyclic amines) is 1. The van der Waals surface area contributed by atoms with Crippen molar-refractivity contribution in [3.05, 3.63) is 11.6 Å². The molecular formula is C16H31N3. The minimum atomic E-state index is 0.168. The Bertz CT molecular complexity index is 307. The van der Waals surface area contributed by atoms with E-state index < -0.39 is 0 Å². The van der Waals surface area contributed by atoms with Gasteiger partial charge in [-0.05, 0) is 65.0 Å². The summed E-state index contributed by atoms with van der Waals surface area (Å²) in [4.78, 5) is 2.66. The van der Waals surface area contributed by atoms with Gasteiger partial charge in [0.2, 0.25) is 0 Å². The number of allylic oxidation sites excluding steroid dienone is 1. The van der Waals surface area contributed by atoms with Crippen molar-refractivity contribution in [1.82, 2.24) is 10.3 Å². The number of rotatable bonds is 5. The average Bonchev–Trinajstić information content (AvgIpc) is 2.85. The molecule has 110 valence electrons. The van der Waals surface area contributed by atoms with Gasteiger partial charge in [-0.1, -0.05) is 25.0 Å². The first kappa shape index (κ1) is 15.0. The van der Waals surface area contributed by atoms with E-state index in [1.807, 2.05) is 0 Å². The van der Waals surface area contributed by atoms with Gasteiger partial charge in [-0.25, -0.2) is 0 Å². The zero-order valence-electron chi connectivity index (χ0n) is 12.8. The third-order valence-electron chi connectivity index (χ3n) is 5.28. The van der Waals surface area contributed by atoms with Gasteiger partial charge in [0.25, 0.3) is 0 Å². The third kappa shape index (κ3) is 3.21. The molecule has 0 saturated carbocycles. The van der Waals surface area contributed by atoms with E-state index in [-0.39, 0.29) is 5.54 Å². The van der Waals surface area contributed by atoms with Crippen LogP contribution in [0.15, 0.2) is 11.6 Å². The maximum Gasteiger partial charge on any atom is 0.0601 e. The van der Waals surface area contributed by atoms with Crippen molar-refractivity contribution < 1.29 is 0 Å². The highest BCUT2D eigenvalue weighted by Crippen LogP contribution is 2.33. The Labute approximate surface area is 118 Å². The minimum Gasteiger partial charge on any atom is -0.296 e. The van der Waals surface area contributed by atoms with Crippen molar-refractivity contribution in [2.24, 2.45) is 5.84 Å². The number of nitrogens with two attached hydrogens (primary N) is 1. The van der Waals surface area contributed by atoms with Gasteiger partial charge in [-0.15, -0.1) is 0 Å². The standard InChI is InChI=1S/C16H31N3/c1-3-16(2,19-12-8-9-13-19)15(18-17)14-10-6-4-5-7-11-14/h10,15,18H,3-9,11-13,17H2,1-2H3. The topological polar surface area (TPSA) is 41.3 Å². The van der Waals surface area contributed by atoms with E-state index in [4.69, 9.17) is 5.84 Å². The van der Waals surface area contributed by atoms with Crippen molar-refractivity contribution in [3.8, 4) is 0 Å². The predicted octanol–water partition coefficient (Wildman–Crippen LogP) is 2.97. The average molecular weight is 265 g/mol. The van der Waals surface area contributed by atoms with E-state index in [0.29, 0.717) is 6.04 Å². The number of hydrazine groups is 1. The van der Waals surface area contributed by atoms with Crippen molar-refractivity contribution in [2.75, 3.05) is 13.1 Å². The van der Waals surface area contributed by atoms with Crippen LogP contribution in [-0.2, 0) is 0 Å². The van der Waals surface area contributed by atoms with Crippen LogP contribution in [0.3, 0.4) is 0 Å². The first-order chi connectivity index (χ1) is 9.22. The summed E-state index contributed by atoms with van der Waals surface area (Å²) < 4.78 is 0. The third-order valence-corrected chi connectivity index (χ3v) is 5.28. The number of nitrogens with zero attached hydrogens (tertiary/aromatic N) is 1. The molecule has 3 heteroatoms. The summed E-state index contributed by atoms with van der Waals surface area (Å²) in [5, 5.41) is 0. The van der Waals surface area contributed by atoms with E-state index in [0.717, 1.165) is 6.42 Å². The Hall–Kier alpha value is -0.380. The maximum atomic E-state index is 5.97. The van der Waals surface area contributed by atoms with Crippen LogP contribution in [0, 0.1) is 0 Å². The van der Waals surface area contributed by atoms with Gasteiger partial charge in [-0.3, -0.25) is 16.2 Å². The fraction of sp³-hybridized carbons (Fsp3) is 0.875. The molecule has 19 heavy (non-hydrogen) atoms. The van der Waals surface area contributed by atoms with Crippen molar-refractivity contribution >= 4 is 0 Å². The van der Waals surface area contributed by atoms with Crippen LogP contribution < -0.4 is 11.3 Å². The van der Waals surface area contributed by atoms with Gasteiger partial charge in [0, 0.05) is 5.54 Å². The van der Waals surface area contributed by atoms with Gasteiger partial charge in [0.05, 0.1) is 6.04 Å². The Balaban J connectivity index is 2.19. The summed E-state index contributed by atoms with van der Waals surface area (Å²) in [5.74, 6) is 5.97. The number of hydrogen-bond donors (Lipinski definition) is 2. The maximum absolute atomic E-state index is 5.97. The van der Waals surface area contributed by atoms with Gasteiger partial charge in [0.1, 0.15) is 0 Å². The monoisotopic (exact) mass is 265 g/mol. The van der Waals surface area contributed by atoms with Gasteiger partial charge in [0.15, 0.2) is 0 Å². The van der Waals surface area contributed by atoms with Gasteiger partial charge in [-0.2, -0.15) is 0 Å². The molecule has 1 saturated heterocycles. The molecular weight excluding hydrogens is 234 g/mol. The van der Waals surface area contributed by atoms with Crippen LogP contribution >= 0.6 is 0 Å². The van der Waals surface area contributed by atoms with E-state index in [2.05, 4.69) is 30.2 Å². The number of hydrogen-bond acceptors (Lipinski definition) is 3. The van der Waals surface area contributed by atoms with Crippen LogP contribution in [-0.4, -0.2) is 29.6 Å². The zero-order valence-corrected chi connectivity index (χ0v) is 12.8. The zero-order chi connectivity index (χ0) is 13.7. The Kier molecular flexibility index (Phi) is 5.43. The molecule has 0 bridgehead atoms. The molecule has 1 aliphatic carbocycles. The summed E-state index contributed by atoms with van der Waals surface area (Å²) in [5.41, 5.74) is 4.88. The smallest absolute Gasteiger partial charge is 0.0601 e. The van der Waals surface area contributed by atoms with E-state index >= 15 is 0 Å². The summed E-state index contributed by atoms with van der Waals surface area (Å²) in [7, 11) is 0. The van der Waals surface area contributed by atoms with Crippen LogP contribution in [0.25, 0.3) is 0 Å². The number of nitrogens with one attached hydrogen (secondary N) is 1. The molecule has 1 heterocycles. The lowest BCUT2D eigenvalue weighted by atomic mass is 9.81. The second kappa shape index (κ2) is 6.87. The van der Waals surface area contributed by atoms with Crippen molar-refractivity contribution in [3.63, 3.8) is 0 Å². The summed E-state index contributed by atoms with van der Waals surface area (Å²) in [6, 6.07) is 0.314. The highest BCUT2D eigenvalue weighted by Gasteiger charge is 2.40. The summed E-state index contributed by atoms with van der Waals surface area (Å²) >= 11 is 0. The van der Waals surface area contributed by atoms with Crippen LogP contribution in [0.2, 0.25) is 0 Å².